The fraction of sp³-hybridized carbons (Fsp3) is 0.933. The highest BCUT2D eigenvalue weighted by Crippen LogP contribution is 2.34. The lowest BCUT2D eigenvalue weighted by atomic mass is 9.97. The van der Waals surface area contributed by atoms with Crippen LogP contribution in [0, 0.1) is 0 Å². The van der Waals surface area contributed by atoms with Gasteiger partial charge in [-0.2, -0.15) is 0 Å². The zero-order chi connectivity index (χ0) is 15.3. The lowest BCUT2D eigenvalue weighted by molar-refractivity contribution is -0.148. The van der Waals surface area contributed by atoms with Gasteiger partial charge < -0.3 is 15.0 Å². The molecule has 0 aromatic heterocycles. The summed E-state index contributed by atoms with van der Waals surface area (Å²) in [4.78, 5) is 16.8. The van der Waals surface area contributed by atoms with E-state index in [1.165, 1.54) is 7.11 Å². The molecule has 1 aliphatic carbocycles. The molecule has 1 saturated carbocycles. The van der Waals surface area contributed by atoms with Crippen LogP contribution in [0.5, 0.6) is 0 Å². The maximum Gasteiger partial charge on any atom is 0.326 e. The van der Waals surface area contributed by atoms with Crippen LogP contribution < -0.4 is 5.32 Å². The molecule has 0 heterocycles. The smallest absolute Gasteiger partial charge is 0.326 e. The summed E-state index contributed by atoms with van der Waals surface area (Å²) in [5, 5.41) is 3.21. The van der Waals surface area contributed by atoms with Gasteiger partial charge in [0.25, 0.3) is 0 Å². The molecule has 0 radical (unpaired) electrons. The van der Waals surface area contributed by atoms with E-state index in [4.69, 9.17) is 4.74 Å². The minimum absolute atomic E-state index is 0.126. The summed E-state index contributed by atoms with van der Waals surface area (Å²) in [7, 11) is 7.54. The summed E-state index contributed by atoms with van der Waals surface area (Å²) >= 11 is 0. The number of ether oxygens (including phenoxy) is 1. The Labute approximate surface area is 123 Å². The molecule has 1 rings (SSSR count). The highest BCUT2D eigenvalue weighted by molar-refractivity contribution is 5.81. The van der Waals surface area contributed by atoms with Gasteiger partial charge in [-0.15, -0.1) is 0 Å². The molecule has 0 bridgehead atoms. The molecule has 5 heteroatoms. The minimum Gasteiger partial charge on any atom is -0.468 e. The third-order valence-electron chi connectivity index (χ3n) is 4.57. The molecular formula is C15H31N3O2. The van der Waals surface area contributed by atoms with E-state index in [0.29, 0.717) is 12.1 Å². The Morgan fingerprint density at radius 2 is 2.15 bits per heavy atom. The van der Waals surface area contributed by atoms with Gasteiger partial charge in [-0.05, 0) is 53.9 Å². The Morgan fingerprint density at radius 3 is 2.60 bits per heavy atom. The van der Waals surface area contributed by atoms with Gasteiger partial charge in [0, 0.05) is 18.6 Å². The Kier molecular flexibility index (Phi) is 6.43. The molecule has 1 fully saturated rings. The number of hydrogen-bond acceptors (Lipinski definition) is 5. The van der Waals surface area contributed by atoms with E-state index >= 15 is 0 Å². The van der Waals surface area contributed by atoms with E-state index in [9.17, 15) is 4.79 Å². The number of esters is 1. The van der Waals surface area contributed by atoms with Crippen molar-refractivity contribution in [3.8, 4) is 0 Å². The number of carbonyl (C=O) groups is 1. The van der Waals surface area contributed by atoms with Crippen LogP contribution in [0.25, 0.3) is 0 Å². The fourth-order valence-electron chi connectivity index (χ4n) is 3.58. The Morgan fingerprint density at radius 1 is 1.50 bits per heavy atom. The Hall–Kier alpha value is -0.650. The fourth-order valence-corrected chi connectivity index (χ4v) is 3.58. The van der Waals surface area contributed by atoms with Crippen LogP contribution in [0.3, 0.4) is 0 Å². The first kappa shape index (κ1) is 17.4. The third-order valence-corrected chi connectivity index (χ3v) is 4.57. The first-order valence-corrected chi connectivity index (χ1v) is 7.58. The Balaban J connectivity index is 2.75. The number of nitrogens with one attached hydrogen (secondary N) is 1. The first-order valence-electron chi connectivity index (χ1n) is 7.58. The lowest BCUT2D eigenvalue weighted by Crippen LogP contribution is -2.51. The van der Waals surface area contributed by atoms with Gasteiger partial charge >= 0.3 is 5.97 Å². The van der Waals surface area contributed by atoms with Crippen molar-refractivity contribution in [2.24, 2.45) is 0 Å². The highest BCUT2D eigenvalue weighted by Gasteiger charge is 2.47. The van der Waals surface area contributed by atoms with E-state index in [1.54, 1.807) is 0 Å². The molecule has 0 aromatic carbocycles. The van der Waals surface area contributed by atoms with Crippen LogP contribution in [0.1, 0.15) is 33.1 Å². The molecule has 20 heavy (non-hydrogen) atoms. The number of rotatable bonds is 7. The van der Waals surface area contributed by atoms with Crippen molar-refractivity contribution in [3.05, 3.63) is 0 Å². The second-order valence-corrected chi connectivity index (χ2v) is 6.16. The third kappa shape index (κ3) is 3.71. The van der Waals surface area contributed by atoms with Crippen molar-refractivity contribution in [2.75, 3.05) is 41.3 Å². The number of carbonyl (C=O) groups excluding carboxylic acids is 1. The van der Waals surface area contributed by atoms with E-state index in [2.05, 4.69) is 43.1 Å². The Bertz CT molecular complexity index is 322. The van der Waals surface area contributed by atoms with Gasteiger partial charge in [0.2, 0.25) is 0 Å². The number of methoxy groups -OCH3 is 1. The minimum atomic E-state index is -0.495. The monoisotopic (exact) mass is 285 g/mol. The zero-order valence-electron chi connectivity index (χ0n) is 13.9. The average molecular weight is 285 g/mol. The molecule has 3 unspecified atom stereocenters. The molecule has 0 aliphatic heterocycles. The van der Waals surface area contributed by atoms with Crippen molar-refractivity contribution >= 4 is 5.97 Å². The highest BCUT2D eigenvalue weighted by atomic mass is 16.5. The maximum absolute atomic E-state index is 12.1. The summed E-state index contributed by atoms with van der Waals surface area (Å²) in [5.74, 6) is -0.126. The van der Waals surface area contributed by atoms with Gasteiger partial charge in [0.05, 0.1) is 7.11 Å². The molecule has 118 valence electrons. The van der Waals surface area contributed by atoms with Gasteiger partial charge in [-0.3, -0.25) is 9.69 Å². The van der Waals surface area contributed by atoms with E-state index < -0.39 is 5.54 Å². The van der Waals surface area contributed by atoms with Crippen LogP contribution in [0.2, 0.25) is 0 Å². The van der Waals surface area contributed by atoms with Crippen LogP contribution in [0.15, 0.2) is 0 Å². The molecule has 0 spiro atoms. The summed E-state index contributed by atoms with van der Waals surface area (Å²) in [5.41, 5.74) is -0.495. The normalized spacial score (nSPS) is 28.1. The zero-order valence-corrected chi connectivity index (χ0v) is 13.9. The molecule has 0 saturated heterocycles. The van der Waals surface area contributed by atoms with E-state index in [1.807, 2.05) is 7.05 Å². The van der Waals surface area contributed by atoms with Gasteiger partial charge in [-0.25, -0.2) is 0 Å². The maximum atomic E-state index is 12.1. The number of hydrogen-bond donors (Lipinski definition) is 1. The van der Waals surface area contributed by atoms with Crippen molar-refractivity contribution in [1.82, 2.24) is 15.1 Å². The van der Waals surface area contributed by atoms with Gasteiger partial charge in [-0.1, -0.05) is 6.92 Å². The molecule has 0 amide bonds. The quantitative estimate of drug-likeness (QED) is 0.705. The van der Waals surface area contributed by atoms with Crippen LogP contribution in [-0.4, -0.2) is 74.7 Å². The molecule has 0 aromatic rings. The summed E-state index contributed by atoms with van der Waals surface area (Å²) in [6.07, 6.45) is 2.73. The first-order chi connectivity index (χ1) is 9.40. The summed E-state index contributed by atoms with van der Waals surface area (Å²) < 4.78 is 4.99. The number of likely N-dealkylation sites (N-methyl/N-ethyl adjacent to an activating group) is 3. The predicted molar refractivity (Wildman–Crippen MR) is 81.8 cm³/mol. The van der Waals surface area contributed by atoms with Gasteiger partial charge in [0.15, 0.2) is 0 Å². The predicted octanol–water partition coefficient (Wildman–Crippen LogP) is 0.942. The van der Waals surface area contributed by atoms with Crippen LogP contribution in [0.4, 0.5) is 0 Å². The van der Waals surface area contributed by atoms with Crippen molar-refractivity contribution in [2.45, 2.75) is 50.7 Å². The standard InChI is InChI=1S/C15H31N3O2/c1-7-18(12(2)11-17(4)5)13-8-9-15(10-13,16-3)14(19)20-6/h12-13,16H,7-11H2,1-6H3. The molecular weight excluding hydrogens is 254 g/mol. The van der Waals surface area contributed by atoms with E-state index in [0.717, 1.165) is 32.4 Å². The van der Waals surface area contributed by atoms with E-state index in [-0.39, 0.29) is 5.97 Å². The average Bonchev–Trinajstić information content (AvgIpc) is 2.83. The SMILES string of the molecule is CCN(C(C)CN(C)C)C1CCC(NC)(C(=O)OC)C1. The van der Waals surface area contributed by atoms with Crippen molar-refractivity contribution < 1.29 is 9.53 Å². The number of nitrogens with zero attached hydrogens (tertiary/aromatic N) is 2. The summed E-state index contributed by atoms with van der Waals surface area (Å²) in [6, 6.07) is 0.937. The summed E-state index contributed by atoms with van der Waals surface area (Å²) in [6.45, 7) is 6.51. The van der Waals surface area contributed by atoms with Crippen molar-refractivity contribution in [1.29, 1.82) is 0 Å². The van der Waals surface area contributed by atoms with Gasteiger partial charge in [0.1, 0.15) is 5.54 Å². The largest absolute Gasteiger partial charge is 0.468 e. The molecule has 3 atom stereocenters. The molecule has 5 nitrogen and oxygen atoms in total. The molecule has 1 aliphatic rings. The second-order valence-electron chi connectivity index (χ2n) is 6.16. The second kappa shape index (κ2) is 7.38. The topological polar surface area (TPSA) is 44.8 Å². The lowest BCUT2D eigenvalue weighted by Gasteiger charge is -2.36. The van der Waals surface area contributed by atoms with Crippen molar-refractivity contribution in [3.63, 3.8) is 0 Å². The molecule has 1 N–H and O–H groups in total. The van der Waals surface area contributed by atoms with Crippen LogP contribution in [-0.2, 0) is 9.53 Å². The van der Waals surface area contributed by atoms with Crippen LogP contribution >= 0.6 is 0 Å².